The largest absolute Gasteiger partial charge is 0.399 e. The number of likely N-dealkylation sites (N-methyl/N-ethyl adjacent to an activating group) is 1. The number of benzene rings is 1. The van der Waals surface area contributed by atoms with E-state index in [9.17, 15) is 0 Å². The van der Waals surface area contributed by atoms with Crippen LogP contribution >= 0.6 is 27.7 Å². The van der Waals surface area contributed by atoms with Crippen molar-refractivity contribution in [3.8, 4) is 0 Å². The minimum absolute atomic E-state index is 0.322. The van der Waals surface area contributed by atoms with Crippen LogP contribution in [0.15, 0.2) is 27.6 Å². The second-order valence-corrected chi connectivity index (χ2v) is 6.17. The summed E-state index contributed by atoms with van der Waals surface area (Å²) in [6.07, 6.45) is 0.322. The zero-order valence-corrected chi connectivity index (χ0v) is 12.3. The van der Waals surface area contributed by atoms with Gasteiger partial charge in [0.1, 0.15) is 0 Å². The van der Waals surface area contributed by atoms with Crippen molar-refractivity contribution in [2.75, 3.05) is 38.2 Å². The molecule has 0 saturated carbocycles. The Morgan fingerprint density at radius 3 is 3.12 bits per heavy atom. The normalized spacial score (nSPS) is 21.6. The molecule has 17 heavy (non-hydrogen) atoms. The average molecular weight is 317 g/mol. The first-order chi connectivity index (χ1) is 8.15. The molecule has 1 unspecified atom stereocenters. The fraction of sp³-hybridized carbons (Fsp3) is 0.500. The molecule has 2 N–H and O–H groups in total. The topological polar surface area (TPSA) is 38.5 Å². The van der Waals surface area contributed by atoms with Gasteiger partial charge >= 0.3 is 0 Å². The lowest BCUT2D eigenvalue weighted by molar-refractivity contribution is -0.00598. The van der Waals surface area contributed by atoms with Gasteiger partial charge in [-0.3, -0.25) is 0 Å². The highest BCUT2D eigenvalue weighted by molar-refractivity contribution is 9.10. The van der Waals surface area contributed by atoms with Gasteiger partial charge in [-0.25, -0.2) is 0 Å². The van der Waals surface area contributed by atoms with Crippen LogP contribution in [0.5, 0.6) is 0 Å². The molecule has 1 aliphatic rings. The second kappa shape index (κ2) is 6.09. The minimum Gasteiger partial charge on any atom is -0.399 e. The molecule has 1 aromatic rings. The van der Waals surface area contributed by atoms with E-state index < -0.39 is 0 Å². The van der Waals surface area contributed by atoms with Gasteiger partial charge < -0.3 is 15.4 Å². The highest BCUT2D eigenvalue weighted by Crippen LogP contribution is 2.30. The maximum absolute atomic E-state index is 5.73. The van der Waals surface area contributed by atoms with Gasteiger partial charge in [0.05, 0.1) is 12.7 Å². The van der Waals surface area contributed by atoms with Gasteiger partial charge in [0, 0.05) is 33.9 Å². The number of thioether (sulfide) groups is 1. The Morgan fingerprint density at radius 1 is 1.59 bits per heavy atom. The monoisotopic (exact) mass is 316 g/mol. The lowest BCUT2D eigenvalue weighted by atomic mass is 10.3. The van der Waals surface area contributed by atoms with Crippen LogP contribution in [0.1, 0.15) is 0 Å². The summed E-state index contributed by atoms with van der Waals surface area (Å²) < 4.78 is 6.79. The van der Waals surface area contributed by atoms with E-state index >= 15 is 0 Å². The van der Waals surface area contributed by atoms with Crippen molar-refractivity contribution < 1.29 is 4.74 Å². The molecule has 0 amide bonds. The van der Waals surface area contributed by atoms with Crippen LogP contribution in [0.4, 0.5) is 5.69 Å². The molecule has 0 aromatic heterocycles. The van der Waals surface area contributed by atoms with Crippen LogP contribution in [-0.2, 0) is 4.74 Å². The van der Waals surface area contributed by atoms with Crippen LogP contribution in [-0.4, -0.2) is 43.5 Å². The third-order valence-electron chi connectivity index (χ3n) is 2.72. The van der Waals surface area contributed by atoms with E-state index in [0.29, 0.717) is 6.10 Å². The average Bonchev–Trinajstić information content (AvgIpc) is 2.28. The molecule has 0 aliphatic carbocycles. The Hall–Kier alpha value is -0.230. The van der Waals surface area contributed by atoms with Crippen molar-refractivity contribution in [3.63, 3.8) is 0 Å². The molecule has 5 heteroatoms. The van der Waals surface area contributed by atoms with E-state index in [1.807, 2.05) is 23.9 Å². The lowest BCUT2D eigenvalue weighted by Crippen LogP contribution is -2.41. The van der Waals surface area contributed by atoms with Crippen molar-refractivity contribution in [2.24, 2.45) is 0 Å². The number of nitrogen functional groups attached to an aromatic ring is 1. The number of nitrogens with zero attached hydrogens (tertiary/aromatic N) is 1. The third-order valence-corrected chi connectivity index (χ3v) is 4.85. The van der Waals surface area contributed by atoms with Gasteiger partial charge in [0.15, 0.2) is 0 Å². The fourth-order valence-electron chi connectivity index (χ4n) is 1.78. The predicted octanol–water partition coefficient (Wildman–Crippen LogP) is 2.45. The molecule has 2 rings (SSSR count). The lowest BCUT2D eigenvalue weighted by Gasteiger charge is -2.29. The Morgan fingerprint density at radius 2 is 2.41 bits per heavy atom. The summed E-state index contributed by atoms with van der Waals surface area (Å²) in [4.78, 5) is 3.53. The van der Waals surface area contributed by atoms with Crippen molar-refractivity contribution >= 4 is 33.4 Å². The molecule has 1 fully saturated rings. The van der Waals surface area contributed by atoms with E-state index in [-0.39, 0.29) is 0 Å². The van der Waals surface area contributed by atoms with Crippen molar-refractivity contribution in [1.82, 2.24) is 4.90 Å². The summed E-state index contributed by atoms with van der Waals surface area (Å²) in [7, 11) is 2.14. The zero-order chi connectivity index (χ0) is 12.3. The highest BCUT2D eigenvalue weighted by Gasteiger charge is 2.18. The van der Waals surface area contributed by atoms with Crippen molar-refractivity contribution in [2.45, 2.75) is 11.0 Å². The van der Waals surface area contributed by atoms with Gasteiger partial charge in [0.25, 0.3) is 0 Å². The van der Waals surface area contributed by atoms with Crippen LogP contribution in [0, 0.1) is 0 Å². The Kier molecular flexibility index (Phi) is 4.73. The summed E-state index contributed by atoms with van der Waals surface area (Å²) in [5.74, 6) is 0.979. The summed E-state index contributed by atoms with van der Waals surface area (Å²) >= 11 is 5.34. The molecule has 1 aliphatic heterocycles. The van der Waals surface area contributed by atoms with Gasteiger partial charge in [0.2, 0.25) is 0 Å². The number of halogens is 1. The number of anilines is 1. The molecule has 94 valence electrons. The van der Waals surface area contributed by atoms with E-state index in [2.05, 4.69) is 33.9 Å². The summed E-state index contributed by atoms with van der Waals surface area (Å²) in [5, 5.41) is 0. The SMILES string of the molecule is CN1CCOC(CSc2ccc(N)cc2Br)C1. The number of ether oxygens (including phenoxy) is 1. The Bertz CT molecular complexity index is 389. The van der Waals surface area contributed by atoms with Crippen molar-refractivity contribution in [3.05, 3.63) is 22.7 Å². The summed E-state index contributed by atoms with van der Waals surface area (Å²) in [5.41, 5.74) is 6.50. The zero-order valence-electron chi connectivity index (χ0n) is 9.86. The number of morpholine rings is 1. The molecule has 3 nitrogen and oxygen atoms in total. The van der Waals surface area contributed by atoms with Crippen molar-refractivity contribution in [1.29, 1.82) is 0 Å². The summed E-state index contributed by atoms with van der Waals surface area (Å²) in [6.45, 7) is 2.89. The minimum atomic E-state index is 0.322. The van der Waals surface area contributed by atoms with Crippen LogP contribution < -0.4 is 5.73 Å². The maximum Gasteiger partial charge on any atom is 0.0796 e. The molecule has 0 radical (unpaired) electrons. The maximum atomic E-state index is 5.73. The molecule has 1 saturated heterocycles. The van der Waals surface area contributed by atoms with Crippen LogP contribution in [0.2, 0.25) is 0 Å². The number of rotatable bonds is 3. The quantitative estimate of drug-likeness (QED) is 0.686. The van der Waals surface area contributed by atoms with E-state index in [1.165, 1.54) is 4.90 Å². The highest BCUT2D eigenvalue weighted by atomic mass is 79.9. The molecule has 1 aromatic carbocycles. The van der Waals surface area contributed by atoms with E-state index in [0.717, 1.165) is 35.6 Å². The molecule has 1 heterocycles. The van der Waals surface area contributed by atoms with Crippen LogP contribution in [0.25, 0.3) is 0 Å². The standard InChI is InChI=1S/C12H17BrN2OS/c1-15-4-5-16-10(7-15)8-17-12-3-2-9(14)6-11(12)13/h2-3,6,10H,4-5,7-8,14H2,1H3. The first-order valence-electron chi connectivity index (χ1n) is 5.63. The molecule has 1 atom stereocenters. The number of hydrogen-bond acceptors (Lipinski definition) is 4. The van der Waals surface area contributed by atoms with Gasteiger partial charge in [-0.2, -0.15) is 0 Å². The number of hydrogen-bond donors (Lipinski definition) is 1. The van der Waals surface area contributed by atoms with E-state index in [4.69, 9.17) is 10.5 Å². The second-order valence-electron chi connectivity index (χ2n) is 4.26. The van der Waals surface area contributed by atoms with Crippen LogP contribution in [0.3, 0.4) is 0 Å². The predicted molar refractivity (Wildman–Crippen MR) is 76.5 cm³/mol. The first kappa shape index (κ1) is 13.2. The van der Waals surface area contributed by atoms with Gasteiger partial charge in [-0.05, 0) is 41.2 Å². The first-order valence-corrected chi connectivity index (χ1v) is 7.41. The molecular formula is C12H17BrN2OS. The van der Waals surface area contributed by atoms with Gasteiger partial charge in [-0.1, -0.05) is 0 Å². The summed E-state index contributed by atoms with van der Waals surface area (Å²) in [6, 6.07) is 5.92. The fourth-order valence-corrected chi connectivity index (χ4v) is 3.45. The number of nitrogens with two attached hydrogens (primary N) is 1. The Labute approximate surface area is 115 Å². The van der Waals surface area contributed by atoms with Gasteiger partial charge in [-0.15, -0.1) is 11.8 Å². The smallest absolute Gasteiger partial charge is 0.0796 e. The molecule has 0 spiro atoms. The van der Waals surface area contributed by atoms with E-state index in [1.54, 1.807) is 0 Å². The molecular weight excluding hydrogens is 300 g/mol. The Balaban J connectivity index is 1.88. The molecule has 0 bridgehead atoms. The third kappa shape index (κ3) is 3.88.